The van der Waals surface area contributed by atoms with Crippen LogP contribution in [0.3, 0.4) is 0 Å². The highest BCUT2D eigenvalue weighted by Crippen LogP contribution is 2.21. The molecule has 0 unspecified atom stereocenters. The topological polar surface area (TPSA) is 29.1 Å². The number of ketones is 1. The first kappa shape index (κ1) is 13.1. The molecular weight excluding hydrogens is 222 g/mol. The van der Waals surface area contributed by atoms with Gasteiger partial charge in [0.05, 0.1) is 0 Å². The van der Waals surface area contributed by atoms with Gasteiger partial charge < -0.3 is 5.32 Å². The Hall–Kier alpha value is -1.31. The lowest BCUT2D eigenvalue weighted by Gasteiger charge is -2.22. The maximum Gasteiger partial charge on any atom is 0.159 e. The average Bonchev–Trinajstić information content (AvgIpc) is 2.33. The van der Waals surface area contributed by atoms with Gasteiger partial charge >= 0.3 is 0 Å². The third-order valence-electron chi connectivity index (χ3n) is 3.77. The van der Waals surface area contributed by atoms with Crippen molar-refractivity contribution in [3.05, 3.63) is 29.8 Å². The molecule has 2 heteroatoms. The SMILES string of the molecule is CC(=O)c1ccc(NC2CCCCCCC2)cc1. The fraction of sp³-hybridized carbons (Fsp3) is 0.562. The molecule has 1 N–H and O–H groups in total. The van der Waals surface area contributed by atoms with E-state index in [2.05, 4.69) is 5.32 Å². The molecule has 0 heterocycles. The standard InChI is InChI=1S/C16H23NO/c1-13(18)14-9-11-16(12-10-14)17-15-7-5-3-2-4-6-8-15/h9-12,15,17H,2-8H2,1H3. The monoisotopic (exact) mass is 245 g/mol. The molecule has 1 aromatic carbocycles. The second-order valence-corrected chi connectivity index (χ2v) is 5.32. The summed E-state index contributed by atoms with van der Waals surface area (Å²) in [5.74, 6) is 0.132. The molecule has 0 radical (unpaired) electrons. The molecule has 2 nitrogen and oxygen atoms in total. The number of hydrogen-bond donors (Lipinski definition) is 1. The van der Waals surface area contributed by atoms with Gasteiger partial charge in [0.25, 0.3) is 0 Å². The smallest absolute Gasteiger partial charge is 0.159 e. The zero-order chi connectivity index (χ0) is 12.8. The van der Waals surface area contributed by atoms with Crippen LogP contribution in [-0.2, 0) is 0 Å². The third-order valence-corrected chi connectivity index (χ3v) is 3.77. The Kier molecular flexibility index (Phi) is 4.80. The predicted molar refractivity (Wildman–Crippen MR) is 76.2 cm³/mol. The van der Waals surface area contributed by atoms with Gasteiger partial charge in [-0.05, 0) is 44.0 Å². The Morgan fingerprint density at radius 3 is 2.11 bits per heavy atom. The van der Waals surface area contributed by atoms with Crippen LogP contribution in [0, 0.1) is 0 Å². The van der Waals surface area contributed by atoms with E-state index in [1.807, 2.05) is 24.3 Å². The van der Waals surface area contributed by atoms with Gasteiger partial charge in [-0.25, -0.2) is 0 Å². The Bertz CT molecular complexity index is 375. The number of carbonyl (C=O) groups is 1. The van der Waals surface area contributed by atoms with Crippen molar-refractivity contribution in [2.24, 2.45) is 0 Å². The van der Waals surface area contributed by atoms with E-state index in [0.29, 0.717) is 6.04 Å². The Labute approximate surface area is 110 Å². The number of anilines is 1. The number of Topliss-reactive ketones (excluding diaryl/α,β-unsaturated/α-hetero) is 1. The van der Waals surface area contributed by atoms with Crippen molar-refractivity contribution < 1.29 is 4.79 Å². The van der Waals surface area contributed by atoms with Crippen molar-refractivity contribution in [1.29, 1.82) is 0 Å². The second kappa shape index (κ2) is 6.58. The van der Waals surface area contributed by atoms with Gasteiger partial charge in [-0.2, -0.15) is 0 Å². The number of rotatable bonds is 3. The van der Waals surface area contributed by atoms with Crippen molar-refractivity contribution in [3.8, 4) is 0 Å². The van der Waals surface area contributed by atoms with Crippen LogP contribution in [0.25, 0.3) is 0 Å². The molecule has 0 amide bonds. The number of hydrogen-bond acceptors (Lipinski definition) is 2. The summed E-state index contributed by atoms with van der Waals surface area (Å²) in [6, 6.07) is 8.47. The van der Waals surface area contributed by atoms with Crippen molar-refractivity contribution in [2.45, 2.75) is 57.9 Å². The van der Waals surface area contributed by atoms with E-state index >= 15 is 0 Å². The van der Waals surface area contributed by atoms with E-state index in [1.165, 1.54) is 44.9 Å². The molecule has 1 fully saturated rings. The van der Waals surface area contributed by atoms with Crippen LogP contribution in [0.1, 0.15) is 62.2 Å². The maximum atomic E-state index is 11.2. The molecule has 1 aliphatic rings. The molecule has 0 spiro atoms. The minimum absolute atomic E-state index is 0.132. The predicted octanol–water partition coefficient (Wildman–Crippen LogP) is 4.41. The highest BCUT2D eigenvalue weighted by atomic mass is 16.1. The number of benzene rings is 1. The van der Waals surface area contributed by atoms with Crippen LogP contribution in [0.2, 0.25) is 0 Å². The molecule has 1 aromatic rings. The Morgan fingerprint density at radius 1 is 1.00 bits per heavy atom. The summed E-state index contributed by atoms with van der Waals surface area (Å²) in [6.45, 7) is 1.61. The number of carbonyl (C=O) groups excluding carboxylic acids is 1. The molecule has 1 saturated carbocycles. The lowest BCUT2D eigenvalue weighted by Crippen LogP contribution is -2.20. The summed E-state index contributed by atoms with van der Waals surface area (Å²) in [5.41, 5.74) is 1.93. The molecule has 0 atom stereocenters. The van der Waals surface area contributed by atoms with E-state index in [-0.39, 0.29) is 5.78 Å². The van der Waals surface area contributed by atoms with Gasteiger partial charge in [0.2, 0.25) is 0 Å². The van der Waals surface area contributed by atoms with Crippen molar-refractivity contribution >= 4 is 11.5 Å². The molecule has 2 rings (SSSR count). The van der Waals surface area contributed by atoms with Crippen LogP contribution in [0.15, 0.2) is 24.3 Å². The molecule has 0 aliphatic heterocycles. The summed E-state index contributed by atoms with van der Waals surface area (Å²) >= 11 is 0. The molecule has 0 bridgehead atoms. The Morgan fingerprint density at radius 2 is 1.56 bits per heavy atom. The minimum Gasteiger partial charge on any atom is -0.382 e. The molecule has 1 aliphatic carbocycles. The normalized spacial score (nSPS) is 17.8. The highest BCUT2D eigenvalue weighted by Gasteiger charge is 2.11. The highest BCUT2D eigenvalue weighted by molar-refractivity contribution is 5.94. The molecular formula is C16H23NO. The van der Waals surface area contributed by atoms with Gasteiger partial charge in [0.1, 0.15) is 0 Å². The van der Waals surface area contributed by atoms with Gasteiger partial charge in [0.15, 0.2) is 5.78 Å². The van der Waals surface area contributed by atoms with E-state index in [1.54, 1.807) is 6.92 Å². The van der Waals surface area contributed by atoms with Gasteiger partial charge in [-0.1, -0.05) is 32.1 Å². The summed E-state index contributed by atoms with van der Waals surface area (Å²) in [6.07, 6.45) is 9.37. The summed E-state index contributed by atoms with van der Waals surface area (Å²) < 4.78 is 0. The van der Waals surface area contributed by atoms with Crippen LogP contribution in [-0.4, -0.2) is 11.8 Å². The molecule has 18 heavy (non-hydrogen) atoms. The van der Waals surface area contributed by atoms with Crippen LogP contribution in [0.4, 0.5) is 5.69 Å². The van der Waals surface area contributed by atoms with Crippen LogP contribution >= 0.6 is 0 Å². The fourth-order valence-corrected chi connectivity index (χ4v) is 2.64. The van der Waals surface area contributed by atoms with Gasteiger partial charge in [-0.15, -0.1) is 0 Å². The zero-order valence-electron chi connectivity index (χ0n) is 11.2. The van der Waals surface area contributed by atoms with Gasteiger partial charge in [0, 0.05) is 17.3 Å². The zero-order valence-corrected chi connectivity index (χ0v) is 11.2. The minimum atomic E-state index is 0.132. The average molecular weight is 245 g/mol. The van der Waals surface area contributed by atoms with E-state index < -0.39 is 0 Å². The van der Waals surface area contributed by atoms with E-state index in [9.17, 15) is 4.79 Å². The second-order valence-electron chi connectivity index (χ2n) is 5.32. The lowest BCUT2D eigenvalue weighted by atomic mass is 9.96. The maximum absolute atomic E-state index is 11.2. The number of nitrogens with one attached hydrogen (secondary N) is 1. The molecule has 0 saturated heterocycles. The molecule has 0 aromatic heterocycles. The Balaban J connectivity index is 1.92. The van der Waals surface area contributed by atoms with E-state index in [0.717, 1.165) is 11.3 Å². The third kappa shape index (κ3) is 3.86. The summed E-state index contributed by atoms with van der Waals surface area (Å²) in [7, 11) is 0. The van der Waals surface area contributed by atoms with Crippen molar-refractivity contribution in [3.63, 3.8) is 0 Å². The summed E-state index contributed by atoms with van der Waals surface area (Å²) in [5, 5.41) is 3.60. The fourth-order valence-electron chi connectivity index (χ4n) is 2.64. The largest absolute Gasteiger partial charge is 0.382 e. The van der Waals surface area contributed by atoms with E-state index in [4.69, 9.17) is 0 Å². The van der Waals surface area contributed by atoms with Crippen LogP contribution in [0.5, 0.6) is 0 Å². The van der Waals surface area contributed by atoms with Crippen molar-refractivity contribution in [1.82, 2.24) is 0 Å². The van der Waals surface area contributed by atoms with Gasteiger partial charge in [-0.3, -0.25) is 4.79 Å². The van der Waals surface area contributed by atoms with Crippen LogP contribution < -0.4 is 5.32 Å². The summed E-state index contributed by atoms with van der Waals surface area (Å²) in [4.78, 5) is 11.2. The quantitative estimate of drug-likeness (QED) is 0.799. The van der Waals surface area contributed by atoms with Crippen molar-refractivity contribution in [2.75, 3.05) is 5.32 Å². The first-order valence-electron chi connectivity index (χ1n) is 7.13. The lowest BCUT2D eigenvalue weighted by molar-refractivity contribution is 0.101. The first-order valence-corrected chi connectivity index (χ1v) is 7.13. The molecule has 98 valence electrons. The first-order chi connectivity index (χ1) is 8.75.